The van der Waals surface area contributed by atoms with Gasteiger partial charge in [0.2, 0.25) is 5.91 Å². The summed E-state index contributed by atoms with van der Waals surface area (Å²) in [5, 5.41) is 3.09. The lowest BCUT2D eigenvalue weighted by molar-refractivity contribution is -0.126. The van der Waals surface area contributed by atoms with E-state index < -0.39 is 10.0 Å². The van der Waals surface area contributed by atoms with E-state index in [-0.39, 0.29) is 22.6 Å². The van der Waals surface area contributed by atoms with Crippen LogP contribution < -0.4 is 10.1 Å². The van der Waals surface area contributed by atoms with E-state index in [1.54, 1.807) is 38.3 Å². The largest absolute Gasteiger partial charge is 0.497 e. The van der Waals surface area contributed by atoms with Gasteiger partial charge < -0.3 is 15.0 Å². The Morgan fingerprint density at radius 3 is 2.38 bits per heavy atom. The zero-order chi connectivity index (χ0) is 24.3. The van der Waals surface area contributed by atoms with Crippen molar-refractivity contribution in [3.63, 3.8) is 0 Å². The first-order chi connectivity index (χ1) is 16.3. The number of likely N-dealkylation sites (tertiary alicyclic amines) is 1. The first kappa shape index (κ1) is 24.0. The van der Waals surface area contributed by atoms with Gasteiger partial charge >= 0.3 is 0 Å². The van der Waals surface area contributed by atoms with E-state index in [9.17, 15) is 13.2 Å². The maximum atomic E-state index is 12.9. The summed E-state index contributed by atoms with van der Waals surface area (Å²) in [6.07, 6.45) is 1.32. The van der Waals surface area contributed by atoms with Crippen LogP contribution in [0.4, 0.5) is 0 Å². The highest BCUT2D eigenvalue weighted by atomic mass is 32.2. The number of benzene rings is 2. The van der Waals surface area contributed by atoms with Gasteiger partial charge in [-0.15, -0.1) is 4.40 Å². The van der Waals surface area contributed by atoms with Gasteiger partial charge in [0.25, 0.3) is 10.0 Å². The van der Waals surface area contributed by atoms with E-state index in [1.165, 1.54) is 5.56 Å². The first-order valence-corrected chi connectivity index (χ1v) is 13.0. The fourth-order valence-electron chi connectivity index (χ4n) is 4.58. The van der Waals surface area contributed by atoms with Crippen LogP contribution in [-0.4, -0.2) is 51.8 Å². The van der Waals surface area contributed by atoms with Gasteiger partial charge in [-0.25, -0.2) is 0 Å². The molecule has 1 saturated heterocycles. The lowest BCUT2D eigenvalue weighted by atomic mass is 9.94. The van der Waals surface area contributed by atoms with E-state index in [0.29, 0.717) is 55.2 Å². The topological polar surface area (TPSA) is 88.1 Å². The average molecular weight is 482 g/mol. The molecule has 0 bridgehead atoms. The summed E-state index contributed by atoms with van der Waals surface area (Å²) in [4.78, 5) is 15.0. The zero-order valence-corrected chi connectivity index (χ0v) is 20.6. The number of amides is 1. The van der Waals surface area contributed by atoms with Gasteiger partial charge in [0, 0.05) is 31.1 Å². The number of carbonyl (C=O) groups is 1. The lowest BCUT2D eigenvalue weighted by Gasteiger charge is -2.33. The molecular weight excluding hydrogens is 450 g/mol. The summed E-state index contributed by atoms with van der Waals surface area (Å²) in [5.74, 6) is 1.38. The Kier molecular flexibility index (Phi) is 7.07. The highest BCUT2D eigenvalue weighted by Crippen LogP contribution is 2.35. The van der Waals surface area contributed by atoms with Crippen molar-refractivity contribution in [3.8, 4) is 5.75 Å². The van der Waals surface area contributed by atoms with Gasteiger partial charge in [-0.3, -0.25) is 4.79 Å². The molecule has 0 saturated carbocycles. The molecule has 0 radical (unpaired) electrons. The molecule has 2 aliphatic rings. The molecule has 180 valence electrons. The molecule has 0 aromatic heterocycles. The molecule has 1 atom stereocenters. The number of hydrogen-bond donors (Lipinski definition) is 1. The molecule has 2 aliphatic heterocycles. The highest BCUT2D eigenvalue weighted by molar-refractivity contribution is 8.00. The van der Waals surface area contributed by atoms with Crippen LogP contribution in [0.15, 0.2) is 64.6 Å². The Morgan fingerprint density at radius 2 is 1.76 bits per heavy atom. The Bertz CT molecular complexity index is 1200. The summed E-state index contributed by atoms with van der Waals surface area (Å²) in [6.45, 7) is 5.68. The van der Waals surface area contributed by atoms with E-state index in [1.807, 2.05) is 23.1 Å². The predicted molar refractivity (Wildman–Crippen MR) is 134 cm³/mol. The molecule has 0 unspecified atom stereocenters. The smallest absolute Gasteiger partial charge is 0.285 e. The molecule has 0 spiro atoms. The number of rotatable bonds is 6. The molecule has 7 nitrogen and oxygen atoms in total. The van der Waals surface area contributed by atoms with Crippen LogP contribution in [0.3, 0.4) is 0 Å². The predicted octanol–water partition coefficient (Wildman–Crippen LogP) is 3.80. The van der Waals surface area contributed by atoms with Crippen molar-refractivity contribution < 1.29 is 17.9 Å². The number of sulfonamides is 1. The minimum atomic E-state index is -3.78. The van der Waals surface area contributed by atoms with E-state index >= 15 is 0 Å². The average Bonchev–Trinajstić information content (AvgIpc) is 3.11. The molecular formula is C26H31N3O4S. The summed E-state index contributed by atoms with van der Waals surface area (Å²) >= 11 is 0. The van der Waals surface area contributed by atoms with Crippen LogP contribution >= 0.6 is 0 Å². The Labute approximate surface area is 201 Å². The molecule has 4 rings (SSSR count). The van der Waals surface area contributed by atoms with Gasteiger partial charge in [0.05, 0.1) is 7.11 Å². The quantitative estimate of drug-likeness (QED) is 0.678. The maximum absolute atomic E-state index is 12.9. The fraction of sp³-hybridized carbons (Fsp3) is 0.385. The molecule has 1 fully saturated rings. The monoisotopic (exact) mass is 481 g/mol. The Balaban J connectivity index is 1.37. The summed E-state index contributed by atoms with van der Waals surface area (Å²) in [5.41, 5.74) is 2.44. The second-order valence-corrected chi connectivity index (χ2v) is 10.4. The normalized spacial score (nSPS) is 19.0. The van der Waals surface area contributed by atoms with Crippen LogP contribution in [0, 0.1) is 5.92 Å². The molecule has 8 heteroatoms. The van der Waals surface area contributed by atoms with Gasteiger partial charge in [-0.2, -0.15) is 8.42 Å². The minimum absolute atomic E-state index is 0.0644. The van der Waals surface area contributed by atoms with Crippen molar-refractivity contribution in [2.45, 2.75) is 32.6 Å². The van der Waals surface area contributed by atoms with Crippen LogP contribution in [0.1, 0.15) is 43.7 Å². The number of amidine groups is 1. The van der Waals surface area contributed by atoms with Gasteiger partial charge in [0.1, 0.15) is 16.5 Å². The second-order valence-electron chi connectivity index (χ2n) is 8.89. The Morgan fingerprint density at radius 1 is 1.12 bits per heavy atom. The molecule has 2 heterocycles. The maximum Gasteiger partial charge on any atom is 0.285 e. The van der Waals surface area contributed by atoms with Gasteiger partial charge in [-0.1, -0.05) is 37.3 Å². The highest BCUT2D eigenvalue weighted by Gasteiger charge is 2.35. The second kappa shape index (κ2) is 10.0. The van der Waals surface area contributed by atoms with E-state index in [0.717, 1.165) is 0 Å². The number of piperidine rings is 1. The molecule has 2 aromatic rings. The van der Waals surface area contributed by atoms with Gasteiger partial charge in [0.15, 0.2) is 0 Å². The zero-order valence-electron chi connectivity index (χ0n) is 19.8. The SMILES string of the molecule is COc1ccc(C2=C(C)C(N3CCC(C(=O)NC[C@@H](C)c4ccccc4)CC3)=NS2(=O)=O)cc1. The molecule has 34 heavy (non-hydrogen) atoms. The standard InChI is InChI=1S/C26H31N3O4S/c1-18(20-7-5-4-6-8-20)17-27-26(30)22-13-15-29(16-14-22)25-19(2)24(34(31,32)28-25)21-9-11-23(33-3)12-10-21/h4-12,18,22H,13-17H2,1-3H3,(H,27,30)/t18-/m1/s1. The molecule has 2 aromatic carbocycles. The van der Waals surface area contributed by atoms with E-state index in [4.69, 9.17) is 4.74 Å². The van der Waals surface area contributed by atoms with Crippen molar-refractivity contribution in [1.29, 1.82) is 0 Å². The number of carbonyl (C=O) groups excluding carboxylic acids is 1. The van der Waals surface area contributed by atoms with Crippen molar-refractivity contribution >= 4 is 26.7 Å². The van der Waals surface area contributed by atoms with Crippen molar-refractivity contribution in [3.05, 3.63) is 71.3 Å². The third kappa shape index (κ3) is 5.01. The van der Waals surface area contributed by atoms with Crippen LogP contribution in [0.2, 0.25) is 0 Å². The lowest BCUT2D eigenvalue weighted by Crippen LogP contribution is -2.43. The van der Waals surface area contributed by atoms with E-state index in [2.05, 4.69) is 28.8 Å². The van der Waals surface area contributed by atoms with Crippen LogP contribution in [0.25, 0.3) is 4.91 Å². The number of nitrogens with zero attached hydrogens (tertiary/aromatic N) is 2. The number of hydrogen-bond acceptors (Lipinski definition) is 5. The van der Waals surface area contributed by atoms with Crippen LogP contribution in [-0.2, 0) is 14.8 Å². The summed E-state index contributed by atoms with van der Waals surface area (Å²) < 4.78 is 35.0. The third-order valence-corrected chi connectivity index (χ3v) is 8.08. The number of ether oxygens (including phenoxy) is 1. The van der Waals surface area contributed by atoms with Crippen molar-refractivity contribution in [2.75, 3.05) is 26.7 Å². The Hall–Kier alpha value is -3.13. The fourth-order valence-corrected chi connectivity index (χ4v) is 6.06. The molecule has 0 aliphatic carbocycles. The minimum Gasteiger partial charge on any atom is -0.497 e. The molecule has 1 amide bonds. The van der Waals surface area contributed by atoms with Gasteiger partial charge in [-0.05, 0) is 61.1 Å². The first-order valence-electron chi connectivity index (χ1n) is 11.6. The summed E-state index contributed by atoms with van der Waals surface area (Å²) in [7, 11) is -2.21. The van der Waals surface area contributed by atoms with Crippen molar-refractivity contribution in [2.24, 2.45) is 10.3 Å². The van der Waals surface area contributed by atoms with Crippen molar-refractivity contribution in [1.82, 2.24) is 10.2 Å². The number of nitrogens with one attached hydrogen (secondary N) is 1. The summed E-state index contributed by atoms with van der Waals surface area (Å²) in [6, 6.07) is 17.1. The number of methoxy groups -OCH3 is 1. The van der Waals surface area contributed by atoms with Crippen LogP contribution in [0.5, 0.6) is 5.75 Å². The molecule has 1 N–H and O–H groups in total. The third-order valence-electron chi connectivity index (χ3n) is 6.61.